The fourth-order valence-electron chi connectivity index (χ4n) is 1.74. The lowest BCUT2D eigenvalue weighted by atomic mass is 10.3. The summed E-state index contributed by atoms with van der Waals surface area (Å²) in [5.74, 6) is 0.688. The summed E-state index contributed by atoms with van der Waals surface area (Å²) >= 11 is 19.1. The number of rotatable bonds is 6. The molecule has 0 aliphatic rings. The summed E-state index contributed by atoms with van der Waals surface area (Å²) in [5, 5.41) is 12.4. The minimum atomic E-state index is -0.235. The van der Waals surface area contributed by atoms with E-state index in [-0.39, 0.29) is 11.7 Å². The number of nitrogens with one attached hydrogen (secondary N) is 1. The first kappa shape index (κ1) is 18.1. The van der Waals surface area contributed by atoms with Crippen LogP contribution in [0.15, 0.2) is 29.9 Å². The van der Waals surface area contributed by atoms with Gasteiger partial charge < -0.3 is 9.88 Å². The summed E-state index contributed by atoms with van der Waals surface area (Å²) in [4.78, 5) is 12.1. The highest BCUT2D eigenvalue weighted by Crippen LogP contribution is 2.32. The quantitative estimate of drug-likeness (QED) is 0.448. The number of thioether (sulfide) groups is 1. The Labute approximate surface area is 153 Å². The van der Waals surface area contributed by atoms with E-state index in [0.717, 1.165) is 5.82 Å². The van der Waals surface area contributed by atoms with Crippen LogP contribution < -0.4 is 5.32 Å². The molecular formula is C14H13Cl3N4OS. The van der Waals surface area contributed by atoms with Gasteiger partial charge >= 0.3 is 0 Å². The number of aromatic nitrogens is 3. The van der Waals surface area contributed by atoms with Gasteiger partial charge in [0.25, 0.3) is 0 Å². The Balaban J connectivity index is 2.01. The largest absolute Gasteiger partial charge is 0.324 e. The molecule has 5 nitrogen and oxygen atoms in total. The van der Waals surface area contributed by atoms with Crippen molar-refractivity contribution in [2.24, 2.45) is 0 Å². The lowest BCUT2D eigenvalue weighted by Gasteiger charge is -2.09. The summed E-state index contributed by atoms with van der Waals surface area (Å²) in [5.41, 5.74) is 0.412. The van der Waals surface area contributed by atoms with Crippen LogP contribution in [0, 0.1) is 6.92 Å². The van der Waals surface area contributed by atoms with Gasteiger partial charge in [-0.05, 0) is 19.1 Å². The van der Waals surface area contributed by atoms with Crippen LogP contribution in [0.1, 0.15) is 5.82 Å². The van der Waals surface area contributed by atoms with Gasteiger partial charge in [-0.15, -0.1) is 16.8 Å². The van der Waals surface area contributed by atoms with Crippen LogP contribution in [-0.4, -0.2) is 26.4 Å². The van der Waals surface area contributed by atoms with Crippen molar-refractivity contribution >= 4 is 58.2 Å². The van der Waals surface area contributed by atoms with Crippen LogP contribution in [-0.2, 0) is 11.3 Å². The first-order valence-corrected chi connectivity index (χ1v) is 8.62. The molecule has 1 heterocycles. The van der Waals surface area contributed by atoms with Gasteiger partial charge in [0.1, 0.15) is 5.82 Å². The Kier molecular flexibility index (Phi) is 6.35. The molecule has 23 heavy (non-hydrogen) atoms. The minimum absolute atomic E-state index is 0.159. The van der Waals surface area contributed by atoms with Crippen molar-refractivity contribution in [1.82, 2.24) is 14.8 Å². The molecule has 0 unspecified atom stereocenters. The van der Waals surface area contributed by atoms with Gasteiger partial charge in [-0.1, -0.05) is 52.6 Å². The molecule has 2 rings (SSSR count). The number of carbonyl (C=O) groups excluding carboxylic acids is 1. The molecule has 1 N–H and O–H groups in total. The molecule has 122 valence electrons. The topological polar surface area (TPSA) is 59.8 Å². The van der Waals surface area contributed by atoms with Crippen molar-refractivity contribution in [3.8, 4) is 0 Å². The molecule has 1 aromatic carbocycles. The molecular weight excluding hydrogens is 379 g/mol. The van der Waals surface area contributed by atoms with E-state index in [2.05, 4.69) is 22.1 Å². The Morgan fingerprint density at radius 1 is 1.30 bits per heavy atom. The van der Waals surface area contributed by atoms with E-state index >= 15 is 0 Å². The van der Waals surface area contributed by atoms with E-state index in [1.54, 1.807) is 6.08 Å². The van der Waals surface area contributed by atoms with Crippen LogP contribution in [0.5, 0.6) is 0 Å². The number of aryl methyl sites for hydroxylation is 1. The Hall–Kier alpha value is -1.21. The van der Waals surface area contributed by atoms with Gasteiger partial charge in [0.2, 0.25) is 5.91 Å². The zero-order valence-electron chi connectivity index (χ0n) is 12.1. The van der Waals surface area contributed by atoms with Crippen LogP contribution in [0.25, 0.3) is 0 Å². The third kappa shape index (κ3) is 4.64. The lowest BCUT2D eigenvalue weighted by molar-refractivity contribution is -0.113. The number of allylic oxidation sites excluding steroid dienone is 1. The van der Waals surface area contributed by atoms with Crippen molar-refractivity contribution in [2.75, 3.05) is 11.1 Å². The van der Waals surface area contributed by atoms with Crippen LogP contribution >= 0.6 is 46.6 Å². The summed E-state index contributed by atoms with van der Waals surface area (Å²) in [6, 6.07) is 3.00. The first-order valence-electron chi connectivity index (χ1n) is 6.50. The van der Waals surface area contributed by atoms with Gasteiger partial charge in [-0.25, -0.2) is 0 Å². The van der Waals surface area contributed by atoms with Crippen molar-refractivity contribution < 1.29 is 4.79 Å². The summed E-state index contributed by atoms with van der Waals surface area (Å²) < 4.78 is 1.87. The molecule has 1 aromatic heterocycles. The number of benzene rings is 1. The number of nitrogens with zero attached hydrogens (tertiary/aromatic N) is 3. The summed E-state index contributed by atoms with van der Waals surface area (Å²) in [6.45, 7) is 6.12. The molecule has 0 fully saturated rings. The molecule has 2 aromatic rings. The average Bonchev–Trinajstić information content (AvgIpc) is 2.84. The maximum atomic E-state index is 12.1. The van der Waals surface area contributed by atoms with E-state index < -0.39 is 0 Å². The van der Waals surface area contributed by atoms with E-state index in [9.17, 15) is 4.79 Å². The third-order valence-electron chi connectivity index (χ3n) is 2.83. The van der Waals surface area contributed by atoms with Gasteiger partial charge in [-0.2, -0.15) is 0 Å². The summed E-state index contributed by atoms with van der Waals surface area (Å²) in [7, 11) is 0. The smallest absolute Gasteiger partial charge is 0.234 e. The Bertz CT molecular complexity index is 748. The maximum Gasteiger partial charge on any atom is 0.234 e. The molecule has 0 bridgehead atoms. The number of hydrogen-bond acceptors (Lipinski definition) is 4. The van der Waals surface area contributed by atoms with E-state index in [0.29, 0.717) is 32.5 Å². The average molecular weight is 392 g/mol. The molecule has 0 atom stereocenters. The molecule has 0 aliphatic heterocycles. The Morgan fingerprint density at radius 2 is 2.00 bits per heavy atom. The second kappa shape index (κ2) is 8.06. The monoisotopic (exact) mass is 390 g/mol. The van der Waals surface area contributed by atoms with Gasteiger partial charge in [0, 0.05) is 6.54 Å². The molecule has 0 radical (unpaired) electrons. The number of anilines is 1. The normalized spacial score (nSPS) is 10.6. The van der Waals surface area contributed by atoms with Gasteiger partial charge in [0.15, 0.2) is 5.16 Å². The molecule has 1 amide bonds. The third-order valence-corrected chi connectivity index (χ3v) is 4.83. The fraction of sp³-hybridized carbons (Fsp3) is 0.214. The predicted molar refractivity (Wildman–Crippen MR) is 95.8 cm³/mol. The standard InChI is InChI=1S/C14H13Cl3N4OS/c1-3-4-21-8(2)19-20-14(21)23-7-13(22)18-12-6-10(16)9(15)5-11(12)17/h3,5-6H,1,4,7H2,2H3,(H,18,22). The minimum Gasteiger partial charge on any atom is -0.324 e. The van der Waals surface area contributed by atoms with Gasteiger partial charge in [0.05, 0.1) is 26.5 Å². The number of hydrogen-bond donors (Lipinski definition) is 1. The van der Waals surface area contributed by atoms with Crippen LogP contribution in [0.3, 0.4) is 0 Å². The Morgan fingerprint density at radius 3 is 2.70 bits per heavy atom. The van der Waals surface area contributed by atoms with Crippen molar-refractivity contribution in [3.05, 3.63) is 45.7 Å². The predicted octanol–water partition coefficient (Wildman–Crippen LogP) is 4.46. The maximum absolute atomic E-state index is 12.1. The van der Waals surface area contributed by atoms with E-state index in [1.807, 2.05) is 11.5 Å². The highest BCUT2D eigenvalue weighted by atomic mass is 35.5. The van der Waals surface area contributed by atoms with E-state index in [1.165, 1.54) is 23.9 Å². The molecule has 0 aliphatic carbocycles. The van der Waals surface area contributed by atoms with Crippen molar-refractivity contribution in [1.29, 1.82) is 0 Å². The molecule has 0 spiro atoms. The second-order valence-corrected chi connectivity index (χ2v) is 6.68. The molecule has 9 heteroatoms. The SMILES string of the molecule is C=CCn1c(C)nnc1SCC(=O)Nc1cc(Cl)c(Cl)cc1Cl. The lowest BCUT2D eigenvalue weighted by Crippen LogP contribution is -2.15. The number of amides is 1. The molecule has 0 saturated heterocycles. The van der Waals surface area contributed by atoms with E-state index in [4.69, 9.17) is 34.8 Å². The van der Waals surface area contributed by atoms with Crippen LogP contribution in [0.4, 0.5) is 5.69 Å². The second-order valence-electron chi connectivity index (χ2n) is 4.51. The van der Waals surface area contributed by atoms with Crippen LogP contribution in [0.2, 0.25) is 15.1 Å². The zero-order valence-corrected chi connectivity index (χ0v) is 15.2. The highest BCUT2D eigenvalue weighted by Gasteiger charge is 2.13. The number of carbonyl (C=O) groups is 1. The molecule has 0 saturated carbocycles. The highest BCUT2D eigenvalue weighted by molar-refractivity contribution is 7.99. The first-order chi connectivity index (χ1) is 10.9. The van der Waals surface area contributed by atoms with Crippen molar-refractivity contribution in [2.45, 2.75) is 18.6 Å². The fourth-order valence-corrected chi connectivity index (χ4v) is 3.13. The van der Waals surface area contributed by atoms with Gasteiger partial charge in [-0.3, -0.25) is 4.79 Å². The van der Waals surface area contributed by atoms with Crippen molar-refractivity contribution in [3.63, 3.8) is 0 Å². The number of halogens is 3. The zero-order chi connectivity index (χ0) is 17.0. The summed E-state index contributed by atoms with van der Waals surface area (Å²) in [6.07, 6.45) is 1.75.